The minimum absolute atomic E-state index is 0.105. The number of amides is 1. The fraction of sp³-hybridized carbons (Fsp3) is 0.235. The average Bonchev–Trinajstić information content (AvgIpc) is 2.45. The number of benzene rings is 2. The van der Waals surface area contributed by atoms with Crippen LogP contribution in [0.5, 0.6) is 5.75 Å². The van der Waals surface area contributed by atoms with Crippen LogP contribution in [0.15, 0.2) is 36.4 Å². The number of anilines is 1. The van der Waals surface area contributed by atoms with E-state index in [2.05, 4.69) is 5.32 Å². The van der Waals surface area contributed by atoms with Crippen LogP contribution in [0.3, 0.4) is 0 Å². The number of hydrogen-bond donors (Lipinski definition) is 3. The van der Waals surface area contributed by atoms with Gasteiger partial charge in [0, 0.05) is 5.56 Å². The van der Waals surface area contributed by atoms with Crippen molar-refractivity contribution < 1.29 is 9.90 Å². The number of aromatic hydroxyl groups is 1. The molecule has 0 aliphatic heterocycles. The Labute approximate surface area is 124 Å². The van der Waals surface area contributed by atoms with E-state index in [0.717, 1.165) is 23.1 Å². The summed E-state index contributed by atoms with van der Waals surface area (Å²) in [7, 11) is 0. The van der Waals surface area contributed by atoms with Crippen molar-refractivity contribution in [3.63, 3.8) is 0 Å². The number of nitrogens with two attached hydrogens (primary N) is 1. The third kappa shape index (κ3) is 3.61. The van der Waals surface area contributed by atoms with Gasteiger partial charge in [-0.3, -0.25) is 4.79 Å². The highest BCUT2D eigenvalue weighted by Gasteiger charge is 2.11. The number of hydrogen-bond acceptors (Lipinski definition) is 3. The third-order valence-electron chi connectivity index (χ3n) is 3.34. The molecule has 0 aromatic heterocycles. The van der Waals surface area contributed by atoms with Crippen LogP contribution < -0.4 is 11.1 Å². The van der Waals surface area contributed by atoms with Crippen molar-refractivity contribution in [1.29, 1.82) is 0 Å². The minimum atomic E-state index is -0.241. The molecule has 0 aliphatic carbocycles. The fourth-order valence-corrected chi connectivity index (χ4v) is 2.24. The molecule has 4 heteroatoms. The van der Waals surface area contributed by atoms with E-state index in [1.54, 1.807) is 25.1 Å². The predicted octanol–water partition coefficient (Wildman–Crippen LogP) is 2.76. The summed E-state index contributed by atoms with van der Waals surface area (Å²) in [6.07, 6.45) is 0.791. The average molecular weight is 284 g/mol. The van der Waals surface area contributed by atoms with Crippen LogP contribution in [0, 0.1) is 13.8 Å². The van der Waals surface area contributed by atoms with Gasteiger partial charge in [0.05, 0.1) is 5.69 Å². The number of aryl methyl sites for hydroxylation is 2. The molecular formula is C17H20N2O2. The lowest BCUT2D eigenvalue weighted by Gasteiger charge is -2.11. The van der Waals surface area contributed by atoms with Gasteiger partial charge in [0.2, 0.25) is 0 Å². The first-order valence-corrected chi connectivity index (χ1v) is 6.92. The molecule has 2 rings (SSSR count). The van der Waals surface area contributed by atoms with Crippen molar-refractivity contribution in [2.45, 2.75) is 20.3 Å². The highest BCUT2D eigenvalue weighted by atomic mass is 16.3. The monoisotopic (exact) mass is 284 g/mol. The Morgan fingerprint density at radius 3 is 2.48 bits per heavy atom. The first-order chi connectivity index (χ1) is 10.0. The second-order valence-electron chi connectivity index (χ2n) is 5.17. The van der Waals surface area contributed by atoms with Crippen molar-refractivity contribution in [3.05, 3.63) is 58.7 Å². The molecule has 2 aromatic carbocycles. The Hall–Kier alpha value is -2.33. The molecule has 0 heterocycles. The second kappa shape index (κ2) is 6.41. The van der Waals surface area contributed by atoms with E-state index < -0.39 is 0 Å². The van der Waals surface area contributed by atoms with E-state index in [1.165, 1.54) is 0 Å². The number of rotatable bonds is 4. The topological polar surface area (TPSA) is 75.3 Å². The van der Waals surface area contributed by atoms with Gasteiger partial charge >= 0.3 is 0 Å². The Balaban J connectivity index is 2.18. The standard InChI is InChI=1S/C17H20N2O2/c1-11-9-12(2)16(20)15(10-11)19-17(21)14-5-3-13(4-6-14)7-8-18/h3-6,9-10,20H,7-8,18H2,1-2H3,(H,19,21). The SMILES string of the molecule is Cc1cc(C)c(O)c(NC(=O)c2ccc(CCN)cc2)c1. The van der Waals surface area contributed by atoms with Gasteiger partial charge in [-0.25, -0.2) is 0 Å². The predicted molar refractivity (Wildman–Crippen MR) is 84.7 cm³/mol. The lowest BCUT2D eigenvalue weighted by atomic mass is 10.1. The van der Waals surface area contributed by atoms with E-state index in [-0.39, 0.29) is 11.7 Å². The van der Waals surface area contributed by atoms with Crippen LogP contribution in [0.2, 0.25) is 0 Å². The minimum Gasteiger partial charge on any atom is -0.505 e. The molecule has 110 valence electrons. The lowest BCUT2D eigenvalue weighted by Crippen LogP contribution is -2.12. The summed E-state index contributed by atoms with van der Waals surface area (Å²) in [5.41, 5.74) is 9.31. The van der Waals surface area contributed by atoms with Crippen molar-refractivity contribution in [2.24, 2.45) is 5.73 Å². The molecule has 21 heavy (non-hydrogen) atoms. The molecule has 0 radical (unpaired) electrons. The molecular weight excluding hydrogens is 264 g/mol. The summed E-state index contributed by atoms with van der Waals surface area (Å²) in [6.45, 7) is 4.31. The van der Waals surface area contributed by atoms with Crippen LogP contribution in [-0.4, -0.2) is 17.6 Å². The maximum Gasteiger partial charge on any atom is 0.255 e. The molecule has 4 nitrogen and oxygen atoms in total. The van der Waals surface area contributed by atoms with Crippen molar-refractivity contribution >= 4 is 11.6 Å². The van der Waals surface area contributed by atoms with Crippen molar-refractivity contribution in [2.75, 3.05) is 11.9 Å². The first-order valence-electron chi connectivity index (χ1n) is 6.92. The highest BCUT2D eigenvalue weighted by molar-refractivity contribution is 6.05. The summed E-state index contributed by atoms with van der Waals surface area (Å²) >= 11 is 0. The lowest BCUT2D eigenvalue weighted by molar-refractivity contribution is 0.102. The van der Waals surface area contributed by atoms with Gasteiger partial charge in [0.1, 0.15) is 5.75 Å². The summed E-state index contributed by atoms with van der Waals surface area (Å²) in [6, 6.07) is 10.9. The zero-order valence-electron chi connectivity index (χ0n) is 12.3. The van der Waals surface area contributed by atoms with E-state index in [1.807, 2.05) is 25.1 Å². The number of carbonyl (C=O) groups excluding carboxylic acids is 1. The molecule has 0 atom stereocenters. The van der Waals surface area contributed by atoms with Gasteiger partial charge in [-0.2, -0.15) is 0 Å². The molecule has 0 saturated heterocycles. The molecule has 0 fully saturated rings. The van der Waals surface area contributed by atoms with Gasteiger partial charge in [-0.1, -0.05) is 18.2 Å². The maximum absolute atomic E-state index is 12.2. The molecule has 0 unspecified atom stereocenters. The zero-order chi connectivity index (χ0) is 15.4. The normalized spacial score (nSPS) is 10.4. The number of phenolic OH excluding ortho intramolecular Hbond substituents is 1. The molecule has 0 bridgehead atoms. The van der Waals surface area contributed by atoms with E-state index >= 15 is 0 Å². The van der Waals surface area contributed by atoms with Crippen molar-refractivity contribution in [1.82, 2.24) is 0 Å². The van der Waals surface area contributed by atoms with Gasteiger partial charge in [-0.15, -0.1) is 0 Å². The first kappa shape index (κ1) is 15.1. The van der Waals surface area contributed by atoms with Crippen LogP contribution in [-0.2, 0) is 6.42 Å². The van der Waals surface area contributed by atoms with E-state index in [4.69, 9.17) is 5.73 Å². The van der Waals surface area contributed by atoms with Crippen LogP contribution in [0.1, 0.15) is 27.0 Å². The summed E-state index contributed by atoms with van der Waals surface area (Å²) in [4.78, 5) is 12.2. The molecule has 1 amide bonds. The molecule has 0 aliphatic rings. The second-order valence-corrected chi connectivity index (χ2v) is 5.17. The summed E-state index contributed by atoms with van der Waals surface area (Å²) < 4.78 is 0. The van der Waals surface area contributed by atoms with Crippen LogP contribution in [0.25, 0.3) is 0 Å². The van der Waals surface area contributed by atoms with Gasteiger partial charge in [0.25, 0.3) is 5.91 Å². The molecule has 4 N–H and O–H groups in total. The zero-order valence-corrected chi connectivity index (χ0v) is 12.3. The fourth-order valence-electron chi connectivity index (χ4n) is 2.24. The highest BCUT2D eigenvalue weighted by Crippen LogP contribution is 2.29. The maximum atomic E-state index is 12.2. The Morgan fingerprint density at radius 1 is 1.19 bits per heavy atom. The quantitative estimate of drug-likeness (QED) is 0.756. The van der Waals surface area contributed by atoms with Gasteiger partial charge in [-0.05, 0) is 61.7 Å². The van der Waals surface area contributed by atoms with E-state index in [0.29, 0.717) is 17.8 Å². The van der Waals surface area contributed by atoms with E-state index in [9.17, 15) is 9.90 Å². The smallest absolute Gasteiger partial charge is 0.255 e. The van der Waals surface area contributed by atoms with Crippen LogP contribution >= 0.6 is 0 Å². The molecule has 0 saturated carbocycles. The number of nitrogens with one attached hydrogen (secondary N) is 1. The largest absolute Gasteiger partial charge is 0.505 e. The Morgan fingerprint density at radius 2 is 1.86 bits per heavy atom. The van der Waals surface area contributed by atoms with Crippen LogP contribution in [0.4, 0.5) is 5.69 Å². The van der Waals surface area contributed by atoms with Gasteiger partial charge < -0.3 is 16.2 Å². The Kier molecular flexibility index (Phi) is 4.60. The number of carbonyl (C=O) groups is 1. The molecule has 0 spiro atoms. The third-order valence-corrected chi connectivity index (χ3v) is 3.34. The number of phenols is 1. The Bertz CT molecular complexity index is 649. The van der Waals surface area contributed by atoms with Crippen molar-refractivity contribution in [3.8, 4) is 5.75 Å². The summed E-state index contributed by atoms with van der Waals surface area (Å²) in [5, 5.41) is 12.7. The van der Waals surface area contributed by atoms with Gasteiger partial charge in [0.15, 0.2) is 0 Å². The summed E-state index contributed by atoms with van der Waals surface area (Å²) in [5.74, 6) is -0.136. The molecule has 2 aromatic rings.